The Morgan fingerprint density at radius 2 is 0.940 bits per heavy atom. The zero-order valence-corrected chi connectivity index (χ0v) is 26.9. The zero-order valence-electron chi connectivity index (χ0n) is 25.4. The van der Waals surface area contributed by atoms with Gasteiger partial charge < -0.3 is 10.2 Å². The van der Waals surface area contributed by atoms with Crippen LogP contribution in [0.5, 0.6) is 11.8 Å². The van der Waals surface area contributed by atoms with Gasteiger partial charge in [0.1, 0.15) is 34.9 Å². The minimum absolute atomic E-state index is 0.0735. The van der Waals surface area contributed by atoms with Crippen molar-refractivity contribution in [3.8, 4) is 35.0 Å². The van der Waals surface area contributed by atoms with Gasteiger partial charge in [-0.2, -0.15) is 10.5 Å². The lowest BCUT2D eigenvalue weighted by molar-refractivity contribution is 0.449. The second-order valence-corrected chi connectivity index (χ2v) is 11.8. The van der Waals surface area contributed by atoms with Crippen LogP contribution in [0.4, 0.5) is 22.7 Å². The highest BCUT2D eigenvalue weighted by Crippen LogP contribution is 2.39. The lowest BCUT2D eigenvalue weighted by Gasteiger charge is -2.07. The van der Waals surface area contributed by atoms with E-state index in [2.05, 4.69) is 42.6 Å². The predicted molar refractivity (Wildman–Crippen MR) is 188 cm³/mol. The molecule has 0 saturated carbocycles. The van der Waals surface area contributed by atoms with E-state index < -0.39 is 0 Å². The molecule has 8 rings (SSSR count). The number of hydrogen-bond acceptors (Lipinski definition) is 10. The second kappa shape index (κ2) is 12.0. The Labute approximate surface area is 291 Å². The van der Waals surface area contributed by atoms with Crippen molar-refractivity contribution in [3.63, 3.8) is 0 Å². The van der Waals surface area contributed by atoms with Gasteiger partial charge in [-0.15, -0.1) is 20.5 Å². The van der Waals surface area contributed by atoms with Crippen LogP contribution in [0.1, 0.15) is 11.1 Å². The molecule has 0 unspecified atom stereocenters. The number of pyridine rings is 2. The summed E-state index contributed by atoms with van der Waals surface area (Å²) >= 11 is 13.2. The highest BCUT2D eigenvalue weighted by molar-refractivity contribution is 6.34. The number of imidazole rings is 2. The summed E-state index contributed by atoms with van der Waals surface area (Å²) in [6.45, 7) is 0. The minimum atomic E-state index is -0.215. The number of nitrogens with zero attached hydrogens (tertiary/aromatic N) is 10. The lowest BCUT2D eigenvalue weighted by atomic mass is 10.1. The molecule has 0 aliphatic rings. The smallest absolute Gasteiger partial charge is 0.226 e. The number of aromatic nitrogens is 4. The molecule has 0 saturated heterocycles. The molecule has 14 heteroatoms. The molecule has 238 valence electrons. The molecule has 8 aromatic rings. The van der Waals surface area contributed by atoms with Crippen molar-refractivity contribution in [2.45, 2.75) is 0 Å². The minimum Gasteiger partial charge on any atom is -0.493 e. The average molecular weight is 694 g/mol. The molecule has 4 aromatic carbocycles. The summed E-state index contributed by atoms with van der Waals surface area (Å²) in [5, 5.41) is 59.0. The van der Waals surface area contributed by atoms with Gasteiger partial charge >= 0.3 is 0 Å². The fourth-order valence-corrected chi connectivity index (χ4v) is 6.10. The van der Waals surface area contributed by atoms with Gasteiger partial charge in [-0.25, -0.2) is 9.97 Å². The number of hydrogen-bond donors (Lipinski definition) is 2. The van der Waals surface area contributed by atoms with Crippen LogP contribution in [-0.4, -0.2) is 29.0 Å². The van der Waals surface area contributed by atoms with Crippen LogP contribution in [0, 0.1) is 22.7 Å². The van der Waals surface area contributed by atoms with E-state index in [1.54, 1.807) is 60.7 Å². The van der Waals surface area contributed by atoms with Crippen molar-refractivity contribution < 1.29 is 10.2 Å². The number of nitriles is 2. The Morgan fingerprint density at radius 3 is 1.34 bits per heavy atom. The fourth-order valence-electron chi connectivity index (χ4n) is 5.67. The molecule has 50 heavy (non-hydrogen) atoms. The quantitative estimate of drug-likeness (QED) is 0.170. The van der Waals surface area contributed by atoms with E-state index in [0.29, 0.717) is 44.7 Å². The Balaban J connectivity index is 1.07. The molecule has 4 aromatic heterocycles. The standard InChI is InChI=1S/C36H18Cl2N10O2/c37-23-13-19(9-11-25(23)43-45-29-15-21(17-39)33-41-27-5-1-3-7-31(27)47(33)35(29)49)20-10-12-26(24(38)14-20)44-46-30-16-22(18-40)34-42-28-6-2-4-8-32(28)48(34)36(30)50/h1-16,49-50H. The number of aromatic hydroxyl groups is 2. The molecule has 0 radical (unpaired) electrons. The van der Waals surface area contributed by atoms with Crippen LogP contribution in [-0.2, 0) is 0 Å². The first-order chi connectivity index (χ1) is 24.3. The van der Waals surface area contributed by atoms with E-state index in [9.17, 15) is 20.7 Å². The number of benzene rings is 4. The average Bonchev–Trinajstić information content (AvgIpc) is 3.72. The molecular weight excluding hydrogens is 675 g/mol. The number of para-hydroxylation sites is 4. The summed E-state index contributed by atoms with van der Waals surface area (Å²) in [7, 11) is 0. The molecule has 0 atom stereocenters. The van der Waals surface area contributed by atoms with Gasteiger partial charge in [0.2, 0.25) is 11.8 Å². The highest BCUT2D eigenvalue weighted by atomic mass is 35.5. The van der Waals surface area contributed by atoms with Gasteiger partial charge in [-0.3, -0.25) is 8.80 Å². The molecule has 0 aliphatic carbocycles. The maximum absolute atomic E-state index is 11.0. The number of fused-ring (bicyclic) bond motifs is 6. The molecule has 4 heterocycles. The van der Waals surface area contributed by atoms with E-state index >= 15 is 0 Å². The van der Waals surface area contributed by atoms with E-state index in [4.69, 9.17) is 23.2 Å². The maximum atomic E-state index is 11.0. The Bertz CT molecular complexity index is 2670. The Kier molecular flexibility index (Phi) is 7.30. The Morgan fingerprint density at radius 1 is 0.540 bits per heavy atom. The monoisotopic (exact) mass is 692 g/mol. The van der Waals surface area contributed by atoms with Crippen molar-refractivity contribution in [1.82, 2.24) is 18.8 Å². The van der Waals surface area contributed by atoms with Gasteiger partial charge in [0, 0.05) is 0 Å². The molecular formula is C36H18Cl2N10O2. The molecule has 0 spiro atoms. The SMILES string of the molecule is N#Cc1cc(N=Nc2ccc(-c3ccc(N=Nc4cc(C#N)c5nc6ccccc6n5c4O)c(Cl)c3)cc2Cl)c(O)n2c1nc1ccccc12. The van der Waals surface area contributed by atoms with Crippen LogP contribution < -0.4 is 0 Å². The van der Waals surface area contributed by atoms with Gasteiger partial charge in [0.05, 0.1) is 43.2 Å². The van der Waals surface area contributed by atoms with E-state index in [1.807, 2.05) is 24.3 Å². The number of halogens is 2. The molecule has 0 bridgehead atoms. The van der Waals surface area contributed by atoms with E-state index in [0.717, 1.165) is 11.1 Å². The number of azo groups is 2. The van der Waals surface area contributed by atoms with E-state index in [-0.39, 0.29) is 44.3 Å². The van der Waals surface area contributed by atoms with Crippen molar-refractivity contribution in [2.24, 2.45) is 20.5 Å². The summed E-state index contributed by atoms with van der Waals surface area (Å²) in [6.07, 6.45) is 0. The summed E-state index contributed by atoms with van der Waals surface area (Å²) in [4.78, 5) is 8.93. The summed E-state index contributed by atoms with van der Waals surface area (Å²) in [5.74, 6) is -0.430. The predicted octanol–water partition coefficient (Wildman–Crippen LogP) is 10.2. The highest BCUT2D eigenvalue weighted by Gasteiger charge is 2.18. The Hall–Kier alpha value is -6.86. The van der Waals surface area contributed by atoms with Crippen molar-refractivity contribution in [1.29, 1.82) is 10.5 Å². The first kappa shape index (κ1) is 30.5. The van der Waals surface area contributed by atoms with Crippen molar-refractivity contribution in [2.75, 3.05) is 0 Å². The van der Waals surface area contributed by atoms with Crippen LogP contribution in [0.15, 0.2) is 118 Å². The number of rotatable bonds is 5. The first-order valence-corrected chi connectivity index (χ1v) is 15.6. The first-order valence-electron chi connectivity index (χ1n) is 14.8. The van der Waals surface area contributed by atoms with Crippen LogP contribution >= 0.6 is 23.2 Å². The van der Waals surface area contributed by atoms with Gasteiger partial charge in [0.25, 0.3) is 0 Å². The molecule has 0 fully saturated rings. The summed E-state index contributed by atoms with van der Waals surface area (Å²) in [6, 6.07) is 31.8. The largest absolute Gasteiger partial charge is 0.493 e. The molecule has 0 aliphatic heterocycles. The molecule has 12 nitrogen and oxygen atoms in total. The van der Waals surface area contributed by atoms with Crippen LogP contribution in [0.25, 0.3) is 44.5 Å². The summed E-state index contributed by atoms with van der Waals surface area (Å²) < 4.78 is 2.93. The van der Waals surface area contributed by atoms with Crippen LogP contribution in [0.2, 0.25) is 10.0 Å². The molecule has 0 amide bonds. The molecule has 2 N–H and O–H groups in total. The maximum Gasteiger partial charge on any atom is 0.226 e. The zero-order chi connectivity index (χ0) is 34.5. The third-order valence-corrected chi connectivity index (χ3v) is 8.65. The lowest BCUT2D eigenvalue weighted by Crippen LogP contribution is -1.90. The fraction of sp³-hybridized carbons (Fsp3) is 0. The van der Waals surface area contributed by atoms with Crippen molar-refractivity contribution in [3.05, 3.63) is 118 Å². The topological polar surface area (TPSA) is 172 Å². The second-order valence-electron chi connectivity index (χ2n) is 11.0. The van der Waals surface area contributed by atoms with Crippen molar-refractivity contribution >= 4 is 79.3 Å². The van der Waals surface area contributed by atoms with Gasteiger partial charge in [-0.05, 0) is 71.8 Å². The van der Waals surface area contributed by atoms with E-state index in [1.165, 1.54) is 20.9 Å². The van der Waals surface area contributed by atoms with Crippen LogP contribution in [0.3, 0.4) is 0 Å². The summed E-state index contributed by atoms with van der Waals surface area (Å²) in [5.41, 5.74) is 5.85. The van der Waals surface area contributed by atoms with Gasteiger partial charge in [-0.1, -0.05) is 59.6 Å². The normalized spacial score (nSPS) is 11.8. The third-order valence-electron chi connectivity index (χ3n) is 8.05. The van der Waals surface area contributed by atoms with Gasteiger partial charge in [0.15, 0.2) is 11.3 Å². The third kappa shape index (κ3) is 5.00.